The number of carbonyl (C=O) groups is 1. The number of Topliss-reactive ketones (excluding diaryl/α,β-unsaturated/α-hetero) is 1. The summed E-state index contributed by atoms with van der Waals surface area (Å²) < 4.78 is 10.2. The van der Waals surface area contributed by atoms with Gasteiger partial charge in [-0.25, -0.2) is 0 Å². The summed E-state index contributed by atoms with van der Waals surface area (Å²) >= 11 is 1.75. The predicted octanol–water partition coefficient (Wildman–Crippen LogP) is 0.972. The minimum atomic E-state index is 0.0547. The average molecular weight is 192 g/mol. The summed E-state index contributed by atoms with van der Waals surface area (Å²) in [5.41, 5.74) is 0. The molecule has 3 nitrogen and oxygen atoms in total. The minimum Gasteiger partial charge on any atom is -0.378 e. The lowest BCUT2D eigenvalue weighted by molar-refractivity contribution is -0.121. The molecule has 0 aromatic carbocycles. The minimum absolute atomic E-state index is 0.0547. The maximum Gasteiger partial charge on any atom is 0.155 e. The molecule has 0 unspecified atom stereocenters. The Kier molecular flexibility index (Phi) is 8.99. The zero-order chi connectivity index (χ0) is 9.23. The molecule has 12 heavy (non-hydrogen) atoms. The maximum absolute atomic E-state index is 10.4. The average Bonchev–Trinajstić information content (AvgIpc) is 2.02. The quantitative estimate of drug-likeness (QED) is 0.537. The van der Waals surface area contributed by atoms with Gasteiger partial charge < -0.3 is 9.47 Å². The molecule has 0 atom stereocenters. The van der Waals surface area contributed by atoms with Crippen LogP contribution in [-0.4, -0.2) is 44.2 Å². The van der Waals surface area contributed by atoms with Gasteiger partial charge in [0.1, 0.15) is 6.61 Å². The smallest absolute Gasteiger partial charge is 0.155 e. The molecule has 0 N–H and O–H groups in total. The first-order valence-corrected chi connectivity index (χ1v) is 5.30. The van der Waals surface area contributed by atoms with Crippen LogP contribution in [0.15, 0.2) is 0 Å². The summed E-state index contributed by atoms with van der Waals surface area (Å²) in [4.78, 5) is 10.4. The standard InChI is InChI=1S/C8H16O3S/c1-8(9)7-11-4-3-10-5-6-12-2/h3-7H2,1-2H3. The van der Waals surface area contributed by atoms with Crippen molar-refractivity contribution in [2.75, 3.05) is 38.4 Å². The van der Waals surface area contributed by atoms with Gasteiger partial charge in [-0.15, -0.1) is 0 Å². The van der Waals surface area contributed by atoms with Crippen molar-refractivity contribution >= 4 is 17.5 Å². The SMILES string of the molecule is CSCCOCCOCC(C)=O. The highest BCUT2D eigenvalue weighted by Crippen LogP contribution is 1.90. The number of thioether (sulfide) groups is 1. The predicted molar refractivity (Wildman–Crippen MR) is 50.7 cm³/mol. The number of ketones is 1. The van der Waals surface area contributed by atoms with Crippen LogP contribution in [-0.2, 0) is 14.3 Å². The summed E-state index contributed by atoms with van der Waals surface area (Å²) in [5, 5.41) is 0. The Labute approximate surface area is 77.8 Å². The Morgan fingerprint density at radius 3 is 2.50 bits per heavy atom. The van der Waals surface area contributed by atoms with Crippen molar-refractivity contribution < 1.29 is 14.3 Å². The van der Waals surface area contributed by atoms with Crippen molar-refractivity contribution in [3.63, 3.8) is 0 Å². The van der Waals surface area contributed by atoms with Crippen LogP contribution in [0, 0.1) is 0 Å². The van der Waals surface area contributed by atoms with Gasteiger partial charge in [-0.3, -0.25) is 4.79 Å². The Morgan fingerprint density at radius 2 is 1.92 bits per heavy atom. The van der Waals surface area contributed by atoms with Crippen LogP contribution in [0.5, 0.6) is 0 Å². The van der Waals surface area contributed by atoms with Gasteiger partial charge in [0.25, 0.3) is 0 Å². The van der Waals surface area contributed by atoms with Crippen LogP contribution in [0.4, 0.5) is 0 Å². The molecule has 0 fully saturated rings. The molecule has 0 aliphatic carbocycles. The Morgan fingerprint density at radius 1 is 1.25 bits per heavy atom. The summed E-state index contributed by atoms with van der Waals surface area (Å²) in [5.74, 6) is 1.06. The first kappa shape index (κ1) is 11.9. The summed E-state index contributed by atoms with van der Waals surface area (Å²) in [6, 6.07) is 0. The van der Waals surface area contributed by atoms with Crippen molar-refractivity contribution in [3.8, 4) is 0 Å². The highest BCUT2D eigenvalue weighted by molar-refractivity contribution is 7.98. The molecule has 72 valence electrons. The second-order valence-corrected chi connectivity index (χ2v) is 3.35. The van der Waals surface area contributed by atoms with E-state index in [4.69, 9.17) is 9.47 Å². The monoisotopic (exact) mass is 192 g/mol. The fourth-order valence-electron chi connectivity index (χ4n) is 0.578. The maximum atomic E-state index is 10.4. The molecule has 0 radical (unpaired) electrons. The molecular weight excluding hydrogens is 176 g/mol. The zero-order valence-electron chi connectivity index (χ0n) is 7.67. The van der Waals surface area contributed by atoms with Gasteiger partial charge in [-0.05, 0) is 13.2 Å². The number of rotatable bonds is 8. The van der Waals surface area contributed by atoms with Gasteiger partial charge in [0, 0.05) is 5.75 Å². The molecule has 0 amide bonds. The molecule has 0 saturated carbocycles. The Hall–Kier alpha value is -0.0600. The van der Waals surface area contributed by atoms with Gasteiger partial charge in [0.05, 0.1) is 19.8 Å². The molecular formula is C8H16O3S. The van der Waals surface area contributed by atoms with Crippen molar-refractivity contribution in [1.82, 2.24) is 0 Å². The summed E-state index contributed by atoms with van der Waals surface area (Å²) in [6.45, 7) is 3.55. The van der Waals surface area contributed by atoms with Gasteiger partial charge >= 0.3 is 0 Å². The van der Waals surface area contributed by atoms with Crippen molar-refractivity contribution in [3.05, 3.63) is 0 Å². The Balaban J connectivity index is 2.86. The largest absolute Gasteiger partial charge is 0.378 e. The van der Waals surface area contributed by atoms with E-state index < -0.39 is 0 Å². The zero-order valence-corrected chi connectivity index (χ0v) is 8.49. The van der Waals surface area contributed by atoms with E-state index in [0.29, 0.717) is 13.2 Å². The van der Waals surface area contributed by atoms with Crippen LogP contribution in [0.25, 0.3) is 0 Å². The van der Waals surface area contributed by atoms with E-state index in [0.717, 1.165) is 12.4 Å². The van der Waals surface area contributed by atoms with Crippen LogP contribution >= 0.6 is 11.8 Å². The molecule has 0 rings (SSSR count). The van der Waals surface area contributed by atoms with Gasteiger partial charge in [0.15, 0.2) is 5.78 Å². The van der Waals surface area contributed by atoms with Crippen molar-refractivity contribution in [2.45, 2.75) is 6.92 Å². The Bertz CT molecular complexity index is 117. The topological polar surface area (TPSA) is 35.5 Å². The summed E-state index contributed by atoms with van der Waals surface area (Å²) in [7, 11) is 0. The first-order valence-electron chi connectivity index (χ1n) is 3.91. The molecule has 4 heteroatoms. The van der Waals surface area contributed by atoms with E-state index in [9.17, 15) is 4.79 Å². The van der Waals surface area contributed by atoms with Gasteiger partial charge in [0.2, 0.25) is 0 Å². The van der Waals surface area contributed by atoms with E-state index in [1.807, 2.05) is 6.26 Å². The van der Waals surface area contributed by atoms with E-state index in [2.05, 4.69) is 0 Å². The van der Waals surface area contributed by atoms with Crippen molar-refractivity contribution in [1.29, 1.82) is 0 Å². The van der Waals surface area contributed by atoms with Crippen LogP contribution in [0.3, 0.4) is 0 Å². The third kappa shape index (κ3) is 9.94. The third-order valence-corrected chi connectivity index (χ3v) is 1.68. The number of hydrogen-bond acceptors (Lipinski definition) is 4. The second kappa shape index (κ2) is 9.03. The van der Waals surface area contributed by atoms with Crippen LogP contribution < -0.4 is 0 Å². The number of carbonyl (C=O) groups excluding carboxylic acids is 1. The molecule has 0 aliphatic heterocycles. The lowest BCUT2D eigenvalue weighted by atomic mass is 10.5. The molecule has 0 heterocycles. The molecule has 0 aromatic rings. The number of ether oxygens (including phenoxy) is 2. The normalized spacial score (nSPS) is 10.2. The molecule has 0 aromatic heterocycles. The molecule has 0 spiro atoms. The first-order chi connectivity index (χ1) is 5.77. The number of hydrogen-bond donors (Lipinski definition) is 0. The highest BCUT2D eigenvalue weighted by atomic mass is 32.2. The van der Waals surface area contributed by atoms with E-state index in [1.165, 1.54) is 6.92 Å². The van der Waals surface area contributed by atoms with E-state index in [1.54, 1.807) is 11.8 Å². The lowest BCUT2D eigenvalue weighted by Gasteiger charge is -2.02. The van der Waals surface area contributed by atoms with E-state index >= 15 is 0 Å². The van der Waals surface area contributed by atoms with Crippen LogP contribution in [0.2, 0.25) is 0 Å². The fourth-order valence-corrected chi connectivity index (χ4v) is 0.863. The lowest BCUT2D eigenvalue weighted by Crippen LogP contribution is -2.10. The highest BCUT2D eigenvalue weighted by Gasteiger charge is 1.92. The van der Waals surface area contributed by atoms with Crippen molar-refractivity contribution in [2.24, 2.45) is 0 Å². The van der Waals surface area contributed by atoms with Gasteiger partial charge in [-0.1, -0.05) is 0 Å². The third-order valence-electron chi connectivity index (χ3n) is 1.11. The molecule has 0 aliphatic rings. The molecule has 0 saturated heterocycles. The van der Waals surface area contributed by atoms with Gasteiger partial charge in [-0.2, -0.15) is 11.8 Å². The van der Waals surface area contributed by atoms with Crippen LogP contribution in [0.1, 0.15) is 6.92 Å². The molecule has 0 bridgehead atoms. The summed E-state index contributed by atoms with van der Waals surface area (Å²) in [6.07, 6.45) is 2.04. The fraction of sp³-hybridized carbons (Fsp3) is 0.875. The second-order valence-electron chi connectivity index (χ2n) is 2.36. The van der Waals surface area contributed by atoms with E-state index in [-0.39, 0.29) is 12.4 Å².